The van der Waals surface area contributed by atoms with E-state index in [1.807, 2.05) is 17.9 Å². The van der Waals surface area contributed by atoms with Gasteiger partial charge in [-0.25, -0.2) is 9.50 Å². The Balaban J connectivity index is 1.83. The number of nitrogens with zero attached hydrogens (tertiary/aromatic N) is 5. The minimum atomic E-state index is 0.0641. The Morgan fingerprint density at radius 3 is 2.87 bits per heavy atom. The summed E-state index contributed by atoms with van der Waals surface area (Å²) in [6, 6.07) is 2.78. The molecule has 6 heteroatoms. The van der Waals surface area contributed by atoms with Crippen molar-refractivity contribution in [2.24, 2.45) is 0 Å². The molecule has 0 aromatic carbocycles. The lowest BCUT2D eigenvalue weighted by Gasteiger charge is -2.43. The Morgan fingerprint density at radius 1 is 1.39 bits per heavy atom. The van der Waals surface area contributed by atoms with E-state index in [1.165, 1.54) is 0 Å². The van der Waals surface area contributed by atoms with Crippen LogP contribution in [0.2, 0.25) is 0 Å². The third-order valence-corrected chi connectivity index (χ3v) is 4.84. The zero-order valence-electron chi connectivity index (χ0n) is 14.4. The maximum absolute atomic E-state index is 13.0. The van der Waals surface area contributed by atoms with Crippen molar-refractivity contribution in [1.82, 2.24) is 24.4 Å². The van der Waals surface area contributed by atoms with Gasteiger partial charge in [-0.15, -0.1) is 0 Å². The predicted octanol–water partition coefficient (Wildman–Crippen LogP) is 1.98. The molecule has 124 valence electrons. The number of hydrogen-bond donors (Lipinski definition) is 0. The van der Waals surface area contributed by atoms with Crippen molar-refractivity contribution in [3.05, 3.63) is 29.7 Å². The second-order valence-electron chi connectivity index (χ2n) is 6.50. The van der Waals surface area contributed by atoms with E-state index in [-0.39, 0.29) is 5.91 Å². The molecule has 1 amide bonds. The van der Waals surface area contributed by atoms with Gasteiger partial charge in [-0.3, -0.25) is 9.69 Å². The first kappa shape index (κ1) is 15.9. The molecule has 0 bridgehead atoms. The number of aryl methyl sites for hydroxylation is 1. The molecule has 6 nitrogen and oxygen atoms in total. The van der Waals surface area contributed by atoms with Gasteiger partial charge in [0.2, 0.25) is 0 Å². The molecule has 0 radical (unpaired) electrons. The van der Waals surface area contributed by atoms with Gasteiger partial charge in [0.1, 0.15) is 0 Å². The molecule has 0 aliphatic carbocycles. The van der Waals surface area contributed by atoms with E-state index in [9.17, 15) is 4.79 Å². The van der Waals surface area contributed by atoms with Crippen molar-refractivity contribution >= 4 is 11.6 Å². The van der Waals surface area contributed by atoms with Gasteiger partial charge < -0.3 is 4.90 Å². The number of rotatable bonds is 3. The Bertz CT molecular complexity index is 708. The monoisotopic (exact) mass is 315 g/mol. The summed E-state index contributed by atoms with van der Waals surface area (Å²) < 4.78 is 1.73. The van der Waals surface area contributed by atoms with E-state index in [0.29, 0.717) is 17.6 Å². The van der Waals surface area contributed by atoms with E-state index < -0.39 is 0 Å². The number of amides is 1. The Hall–Kier alpha value is -1.95. The molecule has 0 unspecified atom stereocenters. The molecule has 1 saturated heterocycles. The fraction of sp³-hybridized carbons (Fsp3) is 0.588. The van der Waals surface area contributed by atoms with Gasteiger partial charge in [-0.05, 0) is 27.2 Å². The van der Waals surface area contributed by atoms with Crippen LogP contribution in [0, 0.1) is 6.92 Å². The van der Waals surface area contributed by atoms with Crippen LogP contribution in [0.5, 0.6) is 0 Å². The third kappa shape index (κ3) is 2.83. The zero-order valence-corrected chi connectivity index (χ0v) is 14.4. The van der Waals surface area contributed by atoms with Gasteiger partial charge in [0.05, 0.1) is 17.5 Å². The van der Waals surface area contributed by atoms with Gasteiger partial charge >= 0.3 is 0 Å². The standard InChI is InChI=1S/C17H25N5O/c1-5-14-11-20(8-9-21(14)12(2)3)17(23)15-10-18-16-6-7-19-22(16)13(15)4/h6-7,10,12,14H,5,8-9,11H2,1-4H3/t14-/m0/s1. The molecule has 3 rings (SSSR count). The molecule has 3 heterocycles. The molecular weight excluding hydrogens is 290 g/mol. The van der Waals surface area contributed by atoms with Gasteiger partial charge in [0.15, 0.2) is 5.65 Å². The largest absolute Gasteiger partial charge is 0.336 e. The summed E-state index contributed by atoms with van der Waals surface area (Å²) in [4.78, 5) is 21.7. The van der Waals surface area contributed by atoms with Crippen LogP contribution in [0.4, 0.5) is 0 Å². The Morgan fingerprint density at radius 2 is 2.17 bits per heavy atom. The van der Waals surface area contributed by atoms with Crippen LogP contribution in [-0.4, -0.2) is 62.0 Å². The Kier molecular flexibility index (Phi) is 4.35. The molecular formula is C17H25N5O. The van der Waals surface area contributed by atoms with E-state index >= 15 is 0 Å². The van der Waals surface area contributed by atoms with Gasteiger partial charge in [-0.1, -0.05) is 6.92 Å². The lowest BCUT2D eigenvalue weighted by atomic mass is 10.1. The summed E-state index contributed by atoms with van der Waals surface area (Å²) in [5, 5.41) is 4.25. The molecule has 1 atom stereocenters. The molecule has 0 saturated carbocycles. The van der Waals surface area contributed by atoms with Crippen molar-refractivity contribution in [2.75, 3.05) is 19.6 Å². The van der Waals surface area contributed by atoms with Crippen LogP contribution < -0.4 is 0 Å². The fourth-order valence-electron chi connectivity index (χ4n) is 3.47. The van der Waals surface area contributed by atoms with Gasteiger partial charge in [-0.2, -0.15) is 5.10 Å². The van der Waals surface area contributed by atoms with Crippen LogP contribution in [0.1, 0.15) is 43.2 Å². The van der Waals surface area contributed by atoms with Crippen LogP contribution in [0.3, 0.4) is 0 Å². The quantitative estimate of drug-likeness (QED) is 0.869. The number of aromatic nitrogens is 3. The third-order valence-electron chi connectivity index (χ3n) is 4.84. The van der Waals surface area contributed by atoms with E-state index in [2.05, 4.69) is 35.8 Å². The smallest absolute Gasteiger partial charge is 0.257 e. The normalized spacial score (nSPS) is 19.7. The summed E-state index contributed by atoms with van der Waals surface area (Å²) >= 11 is 0. The highest BCUT2D eigenvalue weighted by Gasteiger charge is 2.31. The highest BCUT2D eigenvalue weighted by Crippen LogP contribution is 2.19. The summed E-state index contributed by atoms with van der Waals surface area (Å²) in [5.41, 5.74) is 2.27. The maximum Gasteiger partial charge on any atom is 0.257 e. The van der Waals surface area contributed by atoms with Gasteiger partial charge in [0.25, 0.3) is 5.91 Å². The van der Waals surface area contributed by atoms with E-state index in [4.69, 9.17) is 0 Å². The molecule has 1 aliphatic rings. The summed E-state index contributed by atoms with van der Waals surface area (Å²) in [7, 11) is 0. The maximum atomic E-state index is 13.0. The molecule has 0 N–H and O–H groups in total. The molecule has 2 aromatic rings. The highest BCUT2D eigenvalue weighted by molar-refractivity contribution is 5.95. The van der Waals surface area contributed by atoms with Crippen molar-refractivity contribution < 1.29 is 4.79 Å². The number of piperazine rings is 1. The molecule has 1 fully saturated rings. The molecule has 0 spiro atoms. The van der Waals surface area contributed by atoms with Crippen molar-refractivity contribution in [3.63, 3.8) is 0 Å². The number of carbonyl (C=O) groups is 1. The first-order chi connectivity index (χ1) is 11.0. The summed E-state index contributed by atoms with van der Waals surface area (Å²) in [6.45, 7) is 11.0. The number of fused-ring (bicyclic) bond motifs is 1. The summed E-state index contributed by atoms with van der Waals surface area (Å²) in [6.07, 6.45) is 4.44. The van der Waals surface area contributed by atoms with Crippen molar-refractivity contribution in [1.29, 1.82) is 0 Å². The zero-order chi connectivity index (χ0) is 16.6. The average molecular weight is 315 g/mol. The van der Waals surface area contributed by atoms with Crippen molar-refractivity contribution in [3.8, 4) is 0 Å². The van der Waals surface area contributed by atoms with Gasteiger partial charge in [0, 0.05) is 44.0 Å². The minimum Gasteiger partial charge on any atom is -0.336 e. The first-order valence-corrected chi connectivity index (χ1v) is 8.37. The topological polar surface area (TPSA) is 53.7 Å². The van der Waals surface area contributed by atoms with Crippen LogP contribution in [0.15, 0.2) is 18.5 Å². The highest BCUT2D eigenvalue weighted by atomic mass is 16.2. The molecule has 1 aliphatic heterocycles. The van der Waals surface area contributed by atoms with Crippen LogP contribution >= 0.6 is 0 Å². The first-order valence-electron chi connectivity index (χ1n) is 8.37. The van der Waals surface area contributed by atoms with E-state index in [1.54, 1.807) is 16.9 Å². The molecule has 2 aromatic heterocycles. The van der Waals surface area contributed by atoms with Crippen LogP contribution in [0.25, 0.3) is 5.65 Å². The number of carbonyl (C=O) groups excluding carboxylic acids is 1. The molecule has 23 heavy (non-hydrogen) atoms. The summed E-state index contributed by atoms with van der Waals surface area (Å²) in [5.74, 6) is 0.0641. The van der Waals surface area contributed by atoms with E-state index in [0.717, 1.165) is 37.4 Å². The number of hydrogen-bond acceptors (Lipinski definition) is 4. The lowest BCUT2D eigenvalue weighted by Crippen LogP contribution is -2.56. The fourth-order valence-corrected chi connectivity index (χ4v) is 3.47. The van der Waals surface area contributed by atoms with Crippen LogP contribution in [-0.2, 0) is 0 Å². The predicted molar refractivity (Wildman–Crippen MR) is 89.5 cm³/mol. The lowest BCUT2D eigenvalue weighted by molar-refractivity contribution is 0.0370. The second-order valence-corrected chi connectivity index (χ2v) is 6.50. The SMILES string of the molecule is CC[C@H]1CN(C(=O)c2cnc3ccnn3c2C)CCN1C(C)C. The second kappa shape index (κ2) is 6.28. The van der Waals surface area contributed by atoms with Crippen molar-refractivity contribution in [2.45, 2.75) is 46.2 Å². The minimum absolute atomic E-state index is 0.0641. The Labute approximate surface area is 137 Å². The average Bonchev–Trinajstić information content (AvgIpc) is 3.03.